The number of rotatable bonds is 3. The van der Waals surface area contributed by atoms with Crippen LogP contribution in [0.2, 0.25) is 0 Å². The molecule has 2 heterocycles. The molecule has 5 heteroatoms. The Kier molecular flexibility index (Phi) is 3.82. The highest BCUT2D eigenvalue weighted by molar-refractivity contribution is 6.07. The van der Waals surface area contributed by atoms with Gasteiger partial charge in [0.15, 0.2) is 11.5 Å². The fourth-order valence-electron chi connectivity index (χ4n) is 2.73. The molecule has 124 valence electrons. The third kappa shape index (κ3) is 3.17. The maximum absolute atomic E-state index is 12.3. The number of aromatic nitrogens is 1. The normalized spacial score (nSPS) is 12.7. The van der Waals surface area contributed by atoms with Crippen molar-refractivity contribution in [1.29, 1.82) is 0 Å². The van der Waals surface area contributed by atoms with E-state index in [1.165, 1.54) is 6.08 Å². The number of benzene rings is 2. The zero-order valence-corrected chi connectivity index (χ0v) is 13.7. The minimum atomic E-state index is -0.203. The van der Waals surface area contributed by atoms with Crippen molar-refractivity contribution in [1.82, 2.24) is 4.98 Å². The summed E-state index contributed by atoms with van der Waals surface area (Å²) in [6, 6.07) is 15.1. The highest BCUT2D eigenvalue weighted by Crippen LogP contribution is 2.32. The number of nitrogens with zero attached hydrogens (tertiary/aromatic N) is 1. The smallest absolute Gasteiger partial charge is 0.248 e. The van der Waals surface area contributed by atoms with Gasteiger partial charge in [-0.05, 0) is 55.0 Å². The number of nitrogens with one attached hydrogen (secondary N) is 1. The van der Waals surface area contributed by atoms with E-state index in [1.54, 1.807) is 6.08 Å². The van der Waals surface area contributed by atoms with Crippen LogP contribution in [0.4, 0.5) is 5.69 Å². The summed E-state index contributed by atoms with van der Waals surface area (Å²) >= 11 is 0. The van der Waals surface area contributed by atoms with Gasteiger partial charge in [-0.2, -0.15) is 0 Å². The summed E-state index contributed by atoms with van der Waals surface area (Å²) in [5, 5.41) is 3.82. The summed E-state index contributed by atoms with van der Waals surface area (Å²) in [4.78, 5) is 16.7. The van der Waals surface area contributed by atoms with Crippen LogP contribution < -0.4 is 14.8 Å². The second-order valence-corrected chi connectivity index (χ2v) is 5.76. The molecule has 1 aliphatic heterocycles. The predicted octanol–water partition coefficient (Wildman–Crippen LogP) is 3.92. The molecule has 0 bridgehead atoms. The average Bonchev–Trinajstić information content (AvgIpc) is 3.07. The minimum Gasteiger partial charge on any atom is -0.454 e. The van der Waals surface area contributed by atoms with Gasteiger partial charge in [0.25, 0.3) is 0 Å². The molecular formula is C20H16N2O3. The Morgan fingerprint density at radius 1 is 1.12 bits per heavy atom. The zero-order valence-electron chi connectivity index (χ0n) is 13.7. The van der Waals surface area contributed by atoms with Crippen molar-refractivity contribution in [3.63, 3.8) is 0 Å². The van der Waals surface area contributed by atoms with Gasteiger partial charge in [-0.15, -0.1) is 0 Å². The maximum Gasteiger partial charge on any atom is 0.248 e. The molecule has 4 rings (SSSR count). The first-order valence-electron chi connectivity index (χ1n) is 7.94. The zero-order chi connectivity index (χ0) is 17.2. The van der Waals surface area contributed by atoms with E-state index in [1.807, 2.05) is 55.5 Å². The van der Waals surface area contributed by atoms with Crippen LogP contribution in [-0.4, -0.2) is 17.7 Å². The largest absolute Gasteiger partial charge is 0.454 e. The molecular weight excluding hydrogens is 316 g/mol. The molecule has 0 saturated carbocycles. The van der Waals surface area contributed by atoms with Gasteiger partial charge in [0.1, 0.15) is 0 Å². The number of hydrogen-bond acceptors (Lipinski definition) is 4. The van der Waals surface area contributed by atoms with Gasteiger partial charge in [0.2, 0.25) is 12.7 Å². The minimum absolute atomic E-state index is 0.203. The third-order valence-electron chi connectivity index (χ3n) is 3.95. The molecule has 0 radical (unpaired) electrons. The Balaban J connectivity index is 1.52. The van der Waals surface area contributed by atoms with Gasteiger partial charge < -0.3 is 14.8 Å². The van der Waals surface area contributed by atoms with Crippen molar-refractivity contribution in [2.24, 2.45) is 0 Å². The topological polar surface area (TPSA) is 60.5 Å². The number of ether oxygens (including phenoxy) is 2. The van der Waals surface area contributed by atoms with Crippen LogP contribution in [0.5, 0.6) is 11.5 Å². The van der Waals surface area contributed by atoms with Gasteiger partial charge in [-0.25, -0.2) is 0 Å². The molecule has 0 fully saturated rings. The van der Waals surface area contributed by atoms with Gasteiger partial charge in [-0.3, -0.25) is 9.78 Å². The summed E-state index contributed by atoms with van der Waals surface area (Å²) in [7, 11) is 0. The molecule has 5 nitrogen and oxygen atoms in total. The van der Waals surface area contributed by atoms with Crippen LogP contribution in [0.1, 0.15) is 11.3 Å². The molecule has 0 spiro atoms. The Morgan fingerprint density at radius 3 is 2.92 bits per heavy atom. The number of amides is 1. The predicted molar refractivity (Wildman–Crippen MR) is 96.7 cm³/mol. The summed E-state index contributed by atoms with van der Waals surface area (Å²) < 4.78 is 10.6. The van der Waals surface area contributed by atoms with E-state index in [4.69, 9.17) is 9.47 Å². The lowest BCUT2D eigenvalue weighted by Crippen LogP contribution is -2.08. The third-order valence-corrected chi connectivity index (χ3v) is 3.95. The Bertz CT molecular complexity index is 995. The first-order valence-corrected chi connectivity index (χ1v) is 7.94. The van der Waals surface area contributed by atoms with Gasteiger partial charge in [0.05, 0.1) is 11.2 Å². The van der Waals surface area contributed by atoms with Crippen LogP contribution in [0.15, 0.2) is 54.6 Å². The number of carbonyl (C=O) groups excluding carboxylic acids is 1. The van der Waals surface area contributed by atoms with Crippen molar-refractivity contribution < 1.29 is 14.3 Å². The molecule has 1 amide bonds. The molecule has 0 aliphatic carbocycles. The van der Waals surface area contributed by atoms with E-state index >= 15 is 0 Å². The number of pyridine rings is 1. The average molecular weight is 332 g/mol. The first kappa shape index (κ1) is 15.2. The number of anilines is 1. The van der Waals surface area contributed by atoms with E-state index in [0.717, 1.165) is 33.6 Å². The van der Waals surface area contributed by atoms with E-state index in [2.05, 4.69) is 10.3 Å². The van der Waals surface area contributed by atoms with Crippen molar-refractivity contribution in [2.45, 2.75) is 6.92 Å². The second kappa shape index (κ2) is 6.28. The molecule has 1 N–H and O–H groups in total. The number of carbonyl (C=O) groups is 1. The summed E-state index contributed by atoms with van der Waals surface area (Å²) in [5.74, 6) is 1.21. The van der Waals surface area contributed by atoms with Crippen LogP contribution in [0, 0.1) is 6.92 Å². The van der Waals surface area contributed by atoms with E-state index < -0.39 is 0 Å². The van der Waals surface area contributed by atoms with E-state index in [9.17, 15) is 4.79 Å². The first-order chi connectivity index (χ1) is 12.2. The van der Waals surface area contributed by atoms with Crippen molar-refractivity contribution in [3.05, 3.63) is 65.9 Å². The fraction of sp³-hybridized carbons (Fsp3) is 0.100. The standard InChI is InChI=1S/C20H16N2O3/c1-13-5-8-15-16(21-13)3-2-4-17(15)22-20(23)10-7-14-6-9-18-19(11-14)25-12-24-18/h2-11H,12H2,1H3,(H,22,23)/b10-7+. The lowest BCUT2D eigenvalue weighted by atomic mass is 10.1. The summed E-state index contributed by atoms with van der Waals surface area (Å²) in [5.41, 5.74) is 3.41. The SMILES string of the molecule is Cc1ccc2c(NC(=O)/C=C/c3ccc4c(c3)OCO4)cccc2n1. The van der Waals surface area contributed by atoms with Crippen LogP contribution >= 0.6 is 0 Å². The molecule has 0 saturated heterocycles. The van der Waals surface area contributed by atoms with Crippen LogP contribution in [0.25, 0.3) is 17.0 Å². The fourth-order valence-corrected chi connectivity index (χ4v) is 2.73. The lowest BCUT2D eigenvalue weighted by molar-refractivity contribution is -0.111. The highest BCUT2D eigenvalue weighted by atomic mass is 16.7. The van der Waals surface area contributed by atoms with Gasteiger partial charge in [-0.1, -0.05) is 12.1 Å². The van der Waals surface area contributed by atoms with Gasteiger partial charge >= 0.3 is 0 Å². The molecule has 1 aliphatic rings. The quantitative estimate of drug-likeness (QED) is 0.739. The van der Waals surface area contributed by atoms with Crippen molar-refractivity contribution >= 4 is 28.6 Å². The molecule has 3 aromatic rings. The molecule has 25 heavy (non-hydrogen) atoms. The summed E-state index contributed by atoms with van der Waals surface area (Å²) in [6.45, 7) is 2.18. The highest BCUT2D eigenvalue weighted by Gasteiger charge is 2.12. The Morgan fingerprint density at radius 2 is 2.00 bits per heavy atom. The van der Waals surface area contributed by atoms with E-state index in [0.29, 0.717) is 5.75 Å². The number of aryl methyl sites for hydroxylation is 1. The summed E-state index contributed by atoms with van der Waals surface area (Å²) in [6.07, 6.45) is 3.24. The van der Waals surface area contributed by atoms with Gasteiger partial charge in [0, 0.05) is 17.2 Å². The van der Waals surface area contributed by atoms with Crippen molar-refractivity contribution in [2.75, 3.05) is 12.1 Å². The van der Waals surface area contributed by atoms with Crippen LogP contribution in [-0.2, 0) is 4.79 Å². The molecule has 2 aromatic carbocycles. The Labute approximate surface area is 144 Å². The molecule has 0 atom stereocenters. The lowest BCUT2D eigenvalue weighted by Gasteiger charge is -2.07. The monoisotopic (exact) mass is 332 g/mol. The van der Waals surface area contributed by atoms with Crippen molar-refractivity contribution in [3.8, 4) is 11.5 Å². The molecule has 0 unspecified atom stereocenters. The second-order valence-electron chi connectivity index (χ2n) is 5.76. The number of hydrogen-bond donors (Lipinski definition) is 1. The number of fused-ring (bicyclic) bond motifs is 2. The Hall–Kier alpha value is -3.34. The molecule has 1 aromatic heterocycles. The van der Waals surface area contributed by atoms with Crippen LogP contribution in [0.3, 0.4) is 0 Å². The maximum atomic E-state index is 12.3. The van der Waals surface area contributed by atoms with E-state index in [-0.39, 0.29) is 12.7 Å².